The van der Waals surface area contributed by atoms with Gasteiger partial charge in [0.2, 0.25) is 0 Å². The van der Waals surface area contributed by atoms with Crippen LogP contribution in [0.15, 0.2) is 72.8 Å². The van der Waals surface area contributed by atoms with Crippen LogP contribution in [0, 0.1) is 6.92 Å². The Bertz CT molecular complexity index is 875. The van der Waals surface area contributed by atoms with Crippen LogP contribution in [0.25, 0.3) is 0 Å². The van der Waals surface area contributed by atoms with Gasteiger partial charge in [-0.1, -0.05) is 48.5 Å². The first-order chi connectivity index (χ1) is 13.0. The molecule has 140 valence electrons. The molecule has 3 aromatic carbocycles. The molecule has 1 atom stereocenters. The summed E-state index contributed by atoms with van der Waals surface area (Å²) < 4.78 is 10.7. The topological polar surface area (TPSA) is 64.7 Å². The van der Waals surface area contributed by atoms with Crippen LogP contribution in [0.2, 0.25) is 0 Å². The van der Waals surface area contributed by atoms with Crippen molar-refractivity contribution < 1.29 is 14.6 Å². The molecule has 4 nitrogen and oxygen atoms in total. The molecule has 0 aromatic heterocycles. The minimum Gasteiger partial charge on any atom is -0.497 e. The monoisotopic (exact) mass is 363 g/mol. The van der Waals surface area contributed by atoms with E-state index < -0.39 is 11.6 Å². The van der Waals surface area contributed by atoms with Gasteiger partial charge in [-0.2, -0.15) is 0 Å². The zero-order chi connectivity index (χ0) is 19.4. The lowest BCUT2D eigenvalue weighted by atomic mass is 9.76. The summed E-state index contributed by atoms with van der Waals surface area (Å²) in [6.45, 7) is 1.99. The molecule has 0 aliphatic heterocycles. The van der Waals surface area contributed by atoms with E-state index in [0.717, 1.165) is 11.1 Å². The lowest BCUT2D eigenvalue weighted by Crippen LogP contribution is -2.40. The van der Waals surface area contributed by atoms with Crippen LogP contribution < -0.4 is 15.2 Å². The first-order valence-corrected chi connectivity index (χ1v) is 8.83. The Morgan fingerprint density at radius 3 is 1.81 bits per heavy atom. The van der Waals surface area contributed by atoms with Crippen molar-refractivity contribution in [3.05, 3.63) is 95.1 Å². The number of hydrogen-bond donors (Lipinski definition) is 2. The Labute approximate surface area is 160 Å². The van der Waals surface area contributed by atoms with E-state index in [9.17, 15) is 5.11 Å². The zero-order valence-corrected chi connectivity index (χ0v) is 15.8. The van der Waals surface area contributed by atoms with Gasteiger partial charge in [0.25, 0.3) is 0 Å². The predicted octanol–water partition coefficient (Wildman–Crippen LogP) is 3.95. The fourth-order valence-corrected chi connectivity index (χ4v) is 3.41. The molecule has 3 N–H and O–H groups in total. The second kappa shape index (κ2) is 7.82. The number of benzene rings is 3. The average Bonchev–Trinajstić information content (AvgIpc) is 2.73. The van der Waals surface area contributed by atoms with Gasteiger partial charge in [-0.25, -0.2) is 0 Å². The van der Waals surface area contributed by atoms with Crippen molar-refractivity contribution in [3.8, 4) is 11.5 Å². The molecule has 0 amide bonds. The Morgan fingerprint density at radius 2 is 1.33 bits per heavy atom. The molecule has 0 bridgehead atoms. The molecule has 0 heterocycles. The van der Waals surface area contributed by atoms with Gasteiger partial charge in [-0.05, 0) is 53.4 Å². The SMILES string of the molecule is COc1cccc(C(O)(c2cccc(OC)c2)[C@H](N)c2ccccc2C)c1. The molecule has 3 rings (SSSR count). The highest BCUT2D eigenvalue weighted by atomic mass is 16.5. The van der Waals surface area contributed by atoms with E-state index in [1.54, 1.807) is 14.2 Å². The summed E-state index contributed by atoms with van der Waals surface area (Å²) in [7, 11) is 3.20. The van der Waals surface area contributed by atoms with E-state index in [1.165, 1.54) is 0 Å². The Kier molecular flexibility index (Phi) is 5.49. The molecule has 0 spiro atoms. The average molecular weight is 363 g/mol. The summed E-state index contributed by atoms with van der Waals surface area (Å²) in [5, 5.41) is 12.0. The van der Waals surface area contributed by atoms with E-state index >= 15 is 0 Å². The second-order valence-electron chi connectivity index (χ2n) is 6.56. The predicted molar refractivity (Wildman–Crippen MR) is 107 cm³/mol. The summed E-state index contributed by atoms with van der Waals surface area (Å²) >= 11 is 0. The zero-order valence-electron chi connectivity index (χ0n) is 15.8. The Hall–Kier alpha value is -2.82. The number of aryl methyl sites for hydroxylation is 1. The van der Waals surface area contributed by atoms with E-state index in [2.05, 4.69) is 0 Å². The fraction of sp³-hybridized carbons (Fsp3) is 0.217. The minimum atomic E-state index is -1.46. The number of aliphatic hydroxyl groups is 1. The van der Waals surface area contributed by atoms with Crippen LogP contribution in [0.5, 0.6) is 11.5 Å². The molecule has 0 aliphatic carbocycles. The van der Waals surface area contributed by atoms with E-state index in [-0.39, 0.29) is 0 Å². The molecule has 0 fully saturated rings. The van der Waals surface area contributed by atoms with Crippen molar-refractivity contribution in [3.63, 3.8) is 0 Å². The highest BCUT2D eigenvalue weighted by Crippen LogP contribution is 2.42. The number of methoxy groups -OCH3 is 2. The van der Waals surface area contributed by atoms with Gasteiger partial charge in [-0.15, -0.1) is 0 Å². The molecule has 27 heavy (non-hydrogen) atoms. The van der Waals surface area contributed by atoms with Crippen LogP contribution in [-0.4, -0.2) is 19.3 Å². The smallest absolute Gasteiger partial charge is 0.134 e. The number of hydrogen-bond acceptors (Lipinski definition) is 4. The molecular weight excluding hydrogens is 338 g/mol. The normalized spacial score (nSPS) is 12.5. The van der Waals surface area contributed by atoms with Crippen molar-refractivity contribution in [2.75, 3.05) is 14.2 Å². The van der Waals surface area contributed by atoms with Crippen molar-refractivity contribution >= 4 is 0 Å². The molecule has 0 saturated carbocycles. The quantitative estimate of drug-likeness (QED) is 0.696. The van der Waals surface area contributed by atoms with E-state index in [0.29, 0.717) is 22.6 Å². The van der Waals surface area contributed by atoms with Crippen molar-refractivity contribution in [1.82, 2.24) is 0 Å². The van der Waals surface area contributed by atoms with Gasteiger partial charge in [0.05, 0.1) is 20.3 Å². The van der Waals surface area contributed by atoms with Gasteiger partial charge in [0.15, 0.2) is 0 Å². The summed E-state index contributed by atoms with van der Waals surface area (Å²) in [5.74, 6) is 1.32. The largest absolute Gasteiger partial charge is 0.497 e. The molecule has 0 unspecified atom stereocenters. The van der Waals surface area contributed by atoms with Crippen LogP contribution in [-0.2, 0) is 5.60 Å². The van der Waals surface area contributed by atoms with Crippen LogP contribution >= 0.6 is 0 Å². The number of nitrogens with two attached hydrogens (primary N) is 1. The first kappa shape index (κ1) is 19.0. The van der Waals surface area contributed by atoms with Gasteiger partial charge >= 0.3 is 0 Å². The van der Waals surface area contributed by atoms with Crippen molar-refractivity contribution in [1.29, 1.82) is 0 Å². The standard InChI is InChI=1S/C23H25NO3/c1-16-8-4-5-13-21(16)22(24)23(25,17-9-6-11-19(14-17)26-2)18-10-7-12-20(15-18)27-3/h4-15,22,25H,24H2,1-3H3/t22-/m1/s1. The van der Waals surface area contributed by atoms with Crippen molar-refractivity contribution in [2.24, 2.45) is 5.73 Å². The van der Waals surface area contributed by atoms with E-state index in [4.69, 9.17) is 15.2 Å². The van der Waals surface area contributed by atoms with E-state index in [1.807, 2.05) is 79.7 Å². The van der Waals surface area contributed by atoms with Crippen LogP contribution in [0.3, 0.4) is 0 Å². The maximum absolute atomic E-state index is 12.0. The van der Waals surface area contributed by atoms with Gasteiger partial charge in [0, 0.05) is 0 Å². The molecule has 4 heteroatoms. The van der Waals surface area contributed by atoms with Gasteiger partial charge < -0.3 is 20.3 Å². The Morgan fingerprint density at radius 1 is 0.815 bits per heavy atom. The number of ether oxygens (including phenoxy) is 2. The van der Waals surface area contributed by atoms with Crippen molar-refractivity contribution in [2.45, 2.75) is 18.6 Å². The lowest BCUT2D eigenvalue weighted by Gasteiger charge is -2.36. The lowest BCUT2D eigenvalue weighted by molar-refractivity contribution is 0.0506. The first-order valence-electron chi connectivity index (χ1n) is 8.83. The molecule has 3 aromatic rings. The maximum atomic E-state index is 12.0. The summed E-state index contributed by atoms with van der Waals surface area (Å²) in [4.78, 5) is 0. The molecule has 0 saturated heterocycles. The van der Waals surface area contributed by atoms with Gasteiger partial charge in [-0.3, -0.25) is 0 Å². The molecule has 0 aliphatic rings. The third-order valence-corrected chi connectivity index (χ3v) is 4.99. The Balaban J connectivity index is 2.23. The highest BCUT2D eigenvalue weighted by molar-refractivity contribution is 5.47. The highest BCUT2D eigenvalue weighted by Gasteiger charge is 2.40. The third kappa shape index (κ3) is 3.54. The molecular formula is C23H25NO3. The third-order valence-electron chi connectivity index (χ3n) is 4.99. The second-order valence-corrected chi connectivity index (χ2v) is 6.56. The number of rotatable bonds is 6. The summed E-state index contributed by atoms with van der Waals surface area (Å²) in [5.41, 5.74) is 8.45. The van der Waals surface area contributed by atoms with Crippen LogP contribution in [0.1, 0.15) is 28.3 Å². The summed E-state index contributed by atoms with van der Waals surface area (Å²) in [6, 6.07) is 21.9. The van der Waals surface area contributed by atoms with Crippen LogP contribution in [0.4, 0.5) is 0 Å². The van der Waals surface area contributed by atoms with Gasteiger partial charge in [0.1, 0.15) is 17.1 Å². The maximum Gasteiger partial charge on any atom is 0.134 e. The summed E-state index contributed by atoms with van der Waals surface area (Å²) in [6.07, 6.45) is 0. The molecule has 0 radical (unpaired) electrons. The minimum absolute atomic E-state index is 0.658. The fourth-order valence-electron chi connectivity index (χ4n) is 3.41.